The van der Waals surface area contributed by atoms with Gasteiger partial charge in [0.25, 0.3) is 0 Å². The number of aromatic amines is 1. The Morgan fingerprint density at radius 2 is 2.23 bits per heavy atom. The summed E-state index contributed by atoms with van der Waals surface area (Å²) in [6.07, 6.45) is 1.83. The molecule has 0 aliphatic rings. The predicted molar refractivity (Wildman–Crippen MR) is 88.1 cm³/mol. The van der Waals surface area contributed by atoms with Gasteiger partial charge >= 0.3 is 0 Å². The number of thiophene rings is 1. The lowest BCUT2D eigenvalue weighted by molar-refractivity contribution is 0.274. The van der Waals surface area contributed by atoms with E-state index in [0.717, 1.165) is 22.5 Å². The molecular weight excluding hydrogens is 298 g/mol. The number of aromatic nitrogens is 2. The minimum Gasteiger partial charge on any atom is -0.496 e. The molecule has 0 radical (unpaired) electrons. The van der Waals surface area contributed by atoms with Crippen molar-refractivity contribution < 1.29 is 9.84 Å². The molecule has 0 aliphatic heterocycles. The second-order valence-corrected chi connectivity index (χ2v) is 5.73. The lowest BCUT2D eigenvalue weighted by Crippen LogP contribution is -2.01. The Hall–Kier alpha value is -2.31. The Balaban J connectivity index is 1.75. The third-order valence-electron chi connectivity index (χ3n) is 3.42. The first-order chi connectivity index (χ1) is 10.8. The molecule has 22 heavy (non-hydrogen) atoms. The van der Waals surface area contributed by atoms with E-state index in [1.807, 2.05) is 35.8 Å². The Labute approximate surface area is 132 Å². The number of rotatable bonds is 6. The molecule has 3 aromatic rings. The summed E-state index contributed by atoms with van der Waals surface area (Å²) in [6, 6.07) is 9.77. The lowest BCUT2D eigenvalue weighted by Gasteiger charge is -2.11. The van der Waals surface area contributed by atoms with Crippen molar-refractivity contribution in [2.75, 3.05) is 12.4 Å². The first kappa shape index (κ1) is 14.6. The van der Waals surface area contributed by atoms with E-state index in [-0.39, 0.29) is 6.61 Å². The Morgan fingerprint density at radius 1 is 1.32 bits per heavy atom. The quantitative estimate of drug-likeness (QED) is 0.653. The summed E-state index contributed by atoms with van der Waals surface area (Å²) in [6.45, 7) is 0.603. The topological polar surface area (TPSA) is 70.2 Å². The van der Waals surface area contributed by atoms with Gasteiger partial charge in [0.1, 0.15) is 5.75 Å². The van der Waals surface area contributed by atoms with Crippen LogP contribution in [0.25, 0.3) is 10.6 Å². The zero-order valence-electron chi connectivity index (χ0n) is 12.2. The van der Waals surface area contributed by atoms with Gasteiger partial charge in [0.05, 0.1) is 30.5 Å². The number of aliphatic hydroxyl groups excluding tert-OH is 1. The number of methoxy groups -OCH3 is 1. The summed E-state index contributed by atoms with van der Waals surface area (Å²) in [5, 5.41) is 22.0. The molecule has 0 amide bonds. The van der Waals surface area contributed by atoms with Crippen molar-refractivity contribution >= 4 is 17.0 Å². The number of hydrogen-bond acceptors (Lipinski definition) is 5. The van der Waals surface area contributed by atoms with Gasteiger partial charge in [-0.25, -0.2) is 0 Å². The highest BCUT2D eigenvalue weighted by Gasteiger charge is 2.09. The average molecular weight is 315 g/mol. The summed E-state index contributed by atoms with van der Waals surface area (Å²) in [5.74, 6) is 0.690. The van der Waals surface area contributed by atoms with E-state index in [4.69, 9.17) is 4.74 Å². The maximum atomic E-state index is 9.37. The van der Waals surface area contributed by atoms with E-state index in [0.29, 0.717) is 12.3 Å². The van der Waals surface area contributed by atoms with Crippen molar-refractivity contribution in [2.45, 2.75) is 13.2 Å². The minimum absolute atomic E-state index is 0.0507. The van der Waals surface area contributed by atoms with Gasteiger partial charge in [-0.3, -0.25) is 5.10 Å². The minimum atomic E-state index is -0.0507. The number of aliphatic hydroxyl groups is 1. The molecule has 6 heteroatoms. The van der Waals surface area contributed by atoms with Crippen LogP contribution in [-0.4, -0.2) is 22.4 Å². The molecule has 1 aromatic carbocycles. The number of nitrogens with zero attached hydrogens (tertiary/aromatic N) is 1. The van der Waals surface area contributed by atoms with E-state index in [9.17, 15) is 5.11 Å². The van der Waals surface area contributed by atoms with Crippen molar-refractivity contribution in [1.82, 2.24) is 10.2 Å². The molecule has 114 valence electrons. The third-order valence-corrected chi connectivity index (χ3v) is 4.31. The molecule has 0 unspecified atom stereocenters. The van der Waals surface area contributed by atoms with Gasteiger partial charge in [-0.15, -0.1) is 11.3 Å². The SMILES string of the molecule is COc1ccc(NCc2cn[nH]c2-c2cccs2)cc1CO. The second-order valence-electron chi connectivity index (χ2n) is 4.79. The molecule has 0 fully saturated rings. The van der Waals surface area contributed by atoms with Crippen molar-refractivity contribution in [3.05, 3.63) is 53.0 Å². The maximum Gasteiger partial charge on any atom is 0.124 e. The molecule has 2 aromatic heterocycles. The highest BCUT2D eigenvalue weighted by Crippen LogP contribution is 2.27. The molecule has 5 nitrogen and oxygen atoms in total. The molecule has 0 spiro atoms. The number of benzene rings is 1. The van der Waals surface area contributed by atoms with Crippen LogP contribution in [0.3, 0.4) is 0 Å². The van der Waals surface area contributed by atoms with E-state index < -0.39 is 0 Å². The number of H-pyrrole nitrogens is 1. The summed E-state index contributed by atoms with van der Waals surface area (Å²) in [7, 11) is 1.60. The molecule has 0 aliphatic carbocycles. The summed E-state index contributed by atoms with van der Waals surface area (Å²) in [4.78, 5) is 1.17. The molecule has 0 saturated carbocycles. The zero-order valence-corrected chi connectivity index (χ0v) is 13.0. The van der Waals surface area contributed by atoms with Gasteiger partial charge in [0.2, 0.25) is 0 Å². The fourth-order valence-corrected chi connectivity index (χ4v) is 3.04. The molecule has 3 N–H and O–H groups in total. The van der Waals surface area contributed by atoms with Crippen LogP contribution in [0.1, 0.15) is 11.1 Å². The summed E-state index contributed by atoms with van der Waals surface area (Å²) < 4.78 is 5.21. The highest BCUT2D eigenvalue weighted by molar-refractivity contribution is 7.13. The van der Waals surface area contributed by atoms with Crippen LogP contribution in [0.5, 0.6) is 5.75 Å². The first-order valence-electron chi connectivity index (χ1n) is 6.89. The molecule has 0 saturated heterocycles. The van der Waals surface area contributed by atoms with Crippen molar-refractivity contribution in [2.24, 2.45) is 0 Å². The van der Waals surface area contributed by atoms with E-state index in [1.54, 1.807) is 18.4 Å². The van der Waals surface area contributed by atoms with Gasteiger partial charge in [0, 0.05) is 23.4 Å². The van der Waals surface area contributed by atoms with Crippen LogP contribution >= 0.6 is 11.3 Å². The highest BCUT2D eigenvalue weighted by atomic mass is 32.1. The lowest BCUT2D eigenvalue weighted by atomic mass is 10.1. The summed E-state index contributed by atoms with van der Waals surface area (Å²) >= 11 is 1.68. The average Bonchev–Trinajstić information content (AvgIpc) is 3.23. The van der Waals surface area contributed by atoms with Crippen molar-refractivity contribution in [1.29, 1.82) is 0 Å². The van der Waals surface area contributed by atoms with E-state index >= 15 is 0 Å². The van der Waals surface area contributed by atoms with E-state index in [1.165, 1.54) is 4.88 Å². The van der Waals surface area contributed by atoms with Crippen LogP contribution in [0.4, 0.5) is 5.69 Å². The smallest absolute Gasteiger partial charge is 0.124 e. The van der Waals surface area contributed by atoms with Gasteiger partial charge in [-0.05, 0) is 29.6 Å². The third kappa shape index (κ3) is 2.98. The number of ether oxygens (including phenoxy) is 1. The molecule has 2 heterocycles. The van der Waals surface area contributed by atoms with Crippen LogP contribution in [0.15, 0.2) is 41.9 Å². The molecule has 0 bridgehead atoms. The van der Waals surface area contributed by atoms with E-state index in [2.05, 4.69) is 21.6 Å². The van der Waals surface area contributed by atoms with Crippen molar-refractivity contribution in [3.8, 4) is 16.3 Å². The Bertz CT molecular complexity index is 738. The Morgan fingerprint density at radius 3 is 2.95 bits per heavy atom. The monoisotopic (exact) mass is 315 g/mol. The number of anilines is 1. The first-order valence-corrected chi connectivity index (χ1v) is 7.77. The fourth-order valence-electron chi connectivity index (χ4n) is 2.29. The van der Waals surface area contributed by atoms with Crippen LogP contribution in [-0.2, 0) is 13.2 Å². The Kier molecular flexibility index (Phi) is 4.41. The normalized spacial score (nSPS) is 10.6. The second kappa shape index (κ2) is 6.64. The summed E-state index contributed by atoms with van der Waals surface area (Å²) in [5.41, 5.74) is 3.84. The number of nitrogens with one attached hydrogen (secondary N) is 2. The van der Waals surface area contributed by atoms with Crippen molar-refractivity contribution in [3.63, 3.8) is 0 Å². The van der Waals surface area contributed by atoms with Crippen LogP contribution < -0.4 is 10.1 Å². The fraction of sp³-hybridized carbons (Fsp3) is 0.188. The maximum absolute atomic E-state index is 9.37. The van der Waals surface area contributed by atoms with Gasteiger partial charge in [-0.1, -0.05) is 6.07 Å². The zero-order chi connectivity index (χ0) is 15.4. The standard InChI is InChI=1S/C16H17N3O2S/c1-21-14-5-4-13(7-11(14)10-20)17-8-12-9-18-19-16(12)15-3-2-6-22-15/h2-7,9,17,20H,8,10H2,1H3,(H,18,19). The molecular formula is C16H17N3O2S. The number of hydrogen-bond donors (Lipinski definition) is 3. The van der Waals surface area contributed by atoms with Gasteiger partial charge in [0.15, 0.2) is 0 Å². The van der Waals surface area contributed by atoms with Gasteiger partial charge in [-0.2, -0.15) is 5.10 Å². The van der Waals surface area contributed by atoms with Gasteiger partial charge < -0.3 is 15.2 Å². The van der Waals surface area contributed by atoms with Crippen LogP contribution in [0, 0.1) is 0 Å². The molecule has 0 atom stereocenters. The van der Waals surface area contributed by atoms with Crippen LogP contribution in [0.2, 0.25) is 0 Å². The predicted octanol–water partition coefficient (Wildman–Crippen LogP) is 3.25. The molecule has 3 rings (SSSR count). The largest absolute Gasteiger partial charge is 0.496 e.